The summed E-state index contributed by atoms with van der Waals surface area (Å²) in [6.07, 6.45) is 1.83. The van der Waals surface area contributed by atoms with Gasteiger partial charge in [-0.3, -0.25) is 4.79 Å². The zero-order chi connectivity index (χ0) is 14.5. The van der Waals surface area contributed by atoms with Gasteiger partial charge in [0, 0.05) is 19.1 Å². The second kappa shape index (κ2) is 6.42. The van der Waals surface area contributed by atoms with Crippen LogP contribution in [-0.4, -0.2) is 25.0 Å². The van der Waals surface area contributed by atoms with Crippen LogP contribution in [0.3, 0.4) is 0 Å². The number of piperidine rings is 1. The summed E-state index contributed by atoms with van der Waals surface area (Å²) in [6, 6.07) is 5.14. The summed E-state index contributed by atoms with van der Waals surface area (Å²) in [4.78, 5) is 13.5. The molecule has 1 aliphatic rings. The van der Waals surface area contributed by atoms with E-state index in [1.807, 2.05) is 17.9 Å². The molecule has 0 spiro atoms. The lowest BCUT2D eigenvalue weighted by atomic mass is 10.0. The molecule has 3 nitrogen and oxygen atoms in total. The highest BCUT2D eigenvalue weighted by Gasteiger charge is 2.22. The van der Waals surface area contributed by atoms with Gasteiger partial charge in [0.15, 0.2) is 0 Å². The molecule has 1 saturated heterocycles. The van der Waals surface area contributed by atoms with Crippen LogP contribution in [0, 0.1) is 24.6 Å². The standard InChI is InChI=1S/C16H19FN2O/c1-3-5-16(20)18-13-6-4-9-19(11-13)15-10-12(2)7-8-14(15)17/h7-8,10,13H,4,6,9,11H2,1-2H3,(H,18,20)/t13-/m1/s1. The van der Waals surface area contributed by atoms with Gasteiger partial charge >= 0.3 is 0 Å². The highest BCUT2D eigenvalue weighted by atomic mass is 19.1. The maximum atomic E-state index is 13.9. The number of benzene rings is 1. The van der Waals surface area contributed by atoms with Crippen molar-refractivity contribution in [3.63, 3.8) is 0 Å². The van der Waals surface area contributed by atoms with Gasteiger partial charge in [-0.2, -0.15) is 0 Å². The van der Waals surface area contributed by atoms with Gasteiger partial charge in [0.25, 0.3) is 5.91 Å². The van der Waals surface area contributed by atoms with E-state index in [9.17, 15) is 9.18 Å². The first kappa shape index (κ1) is 14.4. The lowest BCUT2D eigenvalue weighted by Crippen LogP contribution is -2.47. The van der Waals surface area contributed by atoms with Crippen molar-refractivity contribution in [2.24, 2.45) is 0 Å². The fraction of sp³-hybridized carbons (Fsp3) is 0.438. The van der Waals surface area contributed by atoms with Crippen LogP contribution in [0.15, 0.2) is 18.2 Å². The summed E-state index contributed by atoms with van der Waals surface area (Å²) >= 11 is 0. The Hall–Kier alpha value is -2.02. The molecule has 1 aromatic carbocycles. The molecule has 0 unspecified atom stereocenters. The van der Waals surface area contributed by atoms with E-state index >= 15 is 0 Å². The zero-order valence-corrected chi connectivity index (χ0v) is 11.9. The van der Waals surface area contributed by atoms with Crippen LogP contribution in [0.2, 0.25) is 0 Å². The van der Waals surface area contributed by atoms with Crippen molar-refractivity contribution in [2.45, 2.75) is 32.7 Å². The van der Waals surface area contributed by atoms with E-state index in [0.29, 0.717) is 12.2 Å². The van der Waals surface area contributed by atoms with Crippen molar-refractivity contribution in [1.29, 1.82) is 0 Å². The van der Waals surface area contributed by atoms with Gasteiger partial charge in [0.1, 0.15) is 5.82 Å². The topological polar surface area (TPSA) is 32.3 Å². The quantitative estimate of drug-likeness (QED) is 0.839. The largest absolute Gasteiger partial charge is 0.367 e. The van der Waals surface area contributed by atoms with Crippen LogP contribution in [0.25, 0.3) is 0 Å². The number of nitrogens with zero attached hydrogens (tertiary/aromatic N) is 1. The molecule has 106 valence electrons. The zero-order valence-electron chi connectivity index (χ0n) is 11.9. The molecule has 0 bridgehead atoms. The number of carbonyl (C=O) groups is 1. The van der Waals surface area contributed by atoms with E-state index in [-0.39, 0.29) is 17.8 Å². The van der Waals surface area contributed by atoms with Gasteiger partial charge in [0.05, 0.1) is 5.69 Å². The van der Waals surface area contributed by atoms with Crippen molar-refractivity contribution < 1.29 is 9.18 Å². The molecule has 1 N–H and O–H groups in total. The van der Waals surface area contributed by atoms with Crippen molar-refractivity contribution in [1.82, 2.24) is 5.32 Å². The Labute approximate surface area is 119 Å². The number of hydrogen-bond donors (Lipinski definition) is 1. The van der Waals surface area contributed by atoms with E-state index in [1.54, 1.807) is 13.0 Å². The lowest BCUT2D eigenvalue weighted by molar-refractivity contribution is -0.116. The number of carbonyl (C=O) groups excluding carboxylic acids is 1. The van der Waals surface area contributed by atoms with Gasteiger partial charge < -0.3 is 10.2 Å². The third kappa shape index (κ3) is 3.51. The van der Waals surface area contributed by atoms with Crippen molar-refractivity contribution in [2.75, 3.05) is 18.0 Å². The molecular weight excluding hydrogens is 255 g/mol. The van der Waals surface area contributed by atoms with Crippen LogP contribution in [-0.2, 0) is 4.79 Å². The highest BCUT2D eigenvalue weighted by molar-refractivity contribution is 5.93. The summed E-state index contributed by atoms with van der Waals surface area (Å²) in [7, 11) is 0. The molecular formula is C16H19FN2O. The molecule has 0 aromatic heterocycles. The van der Waals surface area contributed by atoms with Crippen LogP contribution >= 0.6 is 0 Å². The van der Waals surface area contributed by atoms with E-state index in [4.69, 9.17) is 0 Å². The number of rotatable bonds is 2. The summed E-state index contributed by atoms with van der Waals surface area (Å²) in [5.74, 6) is 4.58. The number of amides is 1. The maximum absolute atomic E-state index is 13.9. The molecule has 1 aliphatic heterocycles. The Kier molecular flexibility index (Phi) is 4.62. The van der Waals surface area contributed by atoms with Gasteiger partial charge in [-0.15, -0.1) is 0 Å². The van der Waals surface area contributed by atoms with E-state index in [1.165, 1.54) is 6.07 Å². The van der Waals surface area contributed by atoms with Crippen molar-refractivity contribution in [3.05, 3.63) is 29.6 Å². The van der Waals surface area contributed by atoms with Crippen LogP contribution in [0.5, 0.6) is 0 Å². The summed E-state index contributed by atoms with van der Waals surface area (Å²) < 4.78 is 13.9. The summed E-state index contributed by atoms with van der Waals surface area (Å²) in [5.41, 5.74) is 1.65. The average molecular weight is 274 g/mol. The van der Waals surface area contributed by atoms with Crippen LogP contribution in [0.4, 0.5) is 10.1 Å². The third-order valence-electron chi connectivity index (χ3n) is 3.44. The molecule has 4 heteroatoms. The smallest absolute Gasteiger partial charge is 0.296 e. The fourth-order valence-electron chi connectivity index (χ4n) is 2.51. The van der Waals surface area contributed by atoms with Gasteiger partial charge in [-0.25, -0.2) is 4.39 Å². The number of aryl methyl sites for hydroxylation is 1. The Morgan fingerprint density at radius 2 is 2.30 bits per heavy atom. The number of nitrogens with one attached hydrogen (secondary N) is 1. The molecule has 20 heavy (non-hydrogen) atoms. The predicted molar refractivity (Wildman–Crippen MR) is 78.0 cm³/mol. The Morgan fingerprint density at radius 1 is 1.50 bits per heavy atom. The molecule has 1 atom stereocenters. The first-order valence-electron chi connectivity index (χ1n) is 6.84. The van der Waals surface area contributed by atoms with Gasteiger partial charge in [-0.05, 0) is 50.3 Å². The first-order chi connectivity index (χ1) is 9.60. The monoisotopic (exact) mass is 274 g/mol. The second-order valence-electron chi connectivity index (χ2n) is 5.09. The Bertz CT molecular complexity index is 559. The minimum absolute atomic E-state index is 0.0250. The highest BCUT2D eigenvalue weighted by Crippen LogP contribution is 2.24. The first-order valence-corrected chi connectivity index (χ1v) is 6.84. The van der Waals surface area contributed by atoms with Gasteiger partial charge in [-0.1, -0.05) is 12.0 Å². The number of halogens is 1. The number of hydrogen-bond acceptors (Lipinski definition) is 2. The number of anilines is 1. The molecule has 0 aliphatic carbocycles. The van der Waals surface area contributed by atoms with E-state index in [2.05, 4.69) is 17.2 Å². The normalized spacial score (nSPS) is 18.1. The van der Waals surface area contributed by atoms with E-state index < -0.39 is 0 Å². The molecule has 0 saturated carbocycles. The third-order valence-corrected chi connectivity index (χ3v) is 3.44. The van der Waals surface area contributed by atoms with Gasteiger partial charge in [0.2, 0.25) is 0 Å². The molecule has 2 rings (SSSR count). The van der Waals surface area contributed by atoms with Crippen molar-refractivity contribution >= 4 is 11.6 Å². The average Bonchev–Trinajstić information content (AvgIpc) is 2.42. The summed E-state index contributed by atoms with van der Waals surface area (Å²) in [5, 5.41) is 2.88. The molecule has 1 aromatic rings. The minimum Gasteiger partial charge on any atom is -0.367 e. The summed E-state index contributed by atoms with van der Waals surface area (Å²) in [6.45, 7) is 5.02. The molecule has 0 radical (unpaired) electrons. The fourth-order valence-corrected chi connectivity index (χ4v) is 2.51. The lowest BCUT2D eigenvalue weighted by Gasteiger charge is -2.34. The molecule has 1 heterocycles. The second-order valence-corrected chi connectivity index (χ2v) is 5.09. The predicted octanol–water partition coefficient (Wildman–Crippen LogP) is 2.24. The Morgan fingerprint density at radius 3 is 3.05 bits per heavy atom. The van der Waals surface area contributed by atoms with Crippen LogP contribution < -0.4 is 10.2 Å². The Balaban J connectivity index is 2.08. The van der Waals surface area contributed by atoms with Crippen molar-refractivity contribution in [3.8, 4) is 11.8 Å². The SMILES string of the molecule is CC#CC(=O)N[C@@H]1CCCN(c2cc(C)ccc2F)C1. The maximum Gasteiger partial charge on any atom is 0.296 e. The minimum atomic E-state index is -0.260. The molecule has 1 fully saturated rings. The molecule has 1 amide bonds. The van der Waals surface area contributed by atoms with E-state index in [0.717, 1.165) is 24.9 Å². The van der Waals surface area contributed by atoms with Crippen LogP contribution in [0.1, 0.15) is 25.3 Å².